The molecule has 43 heavy (non-hydrogen) atoms. The molecule has 0 aliphatic carbocycles. The molecule has 3 N–H and O–H groups in total. The van der Waals surface area contributed by atoms with Gasteiger partial charge in [0.2, 0.25) is 11.8 Å². The number of hydrogen-bond donors (Lipinski definition) is 3. The molecular weight excluding hydrogens is 583 g/mol. The number of anilines is 1. The lowest BCUT2D eigenvalue weighted by Crippen LogP contribution is -2.31. The summed E-state index contributed by atoms with van der Waals surface area (Å²) in [7, 11) is 0. The Balaban J connectivity index is 1.24. The molecule has 226 valence electrons. The third kappa shape index (κ3) is 9.11. The molecule has 0 saturated carbocycles. The first-order valence-electron chi connectivity index (χ1n) is 14.6. The summed E-state index contributed by atoms with van der Waals surface area (Å²) in [5.41, 5.74) is 4.42. The molecule has 4 aromatic rings. The van der Waals surface area contributed by atoms with Gasteiger partial charge in [0, 0.05) is 43.3 Å². The third-order valence-corrected chi connectivity index (χ3v) is 9.49. The zero-order chi connectivity index (χ0) is 30.0. The van der Waals surface area contributed by atoms with Crippen LogP contribution >= 0.6 is 23.1 Å². The SMILES string of the molecule is CC(=O)NCCCCCC(=O)Nc1cccc([C@H]2O[C@@H](CSc3nc4ccccc4s3)C[C@@H](c3ccc(CO)cc3)O2)c1. The van der Waals surface area contributed by atoms with Crippen LogP contribution in [-0.2, 0) is 25.7 Å². The Labute approximate surface area is 260 Å². The van der Waals surface area contributed by atoms with Crippen LogP contribution in [0.4, 0.5) is 5.69 Å². The van der Waals surface area contributed by atoms with Gasteiger partial charge in [0.25, 0.3) is 0 Å². The monoisotopic (exact) mass is 619 g/mol. The minimum absolute atomic E-state index is 0.00540. The van der Waals surface area contributed by atoms with Crippen molar-refractivity contribution in [3.8, 4) is 0 Å². The van der Waals surface area contributed by atoms with Crippen LogP contribution in [0.1, 0.15) is 68.1 Å². The number of benzene rings is 3. The number of carbonyl (C=O) groups is 2. The molecule has 0 spiro atoms. The van der Waals surface area contributed by atoms with Crippen molar-refractivity contribution in [2.24, 2.45) is 0 Å². The second kappa shape index (κ2) is 15.4. The van der Waals surface area contributed by atoms with Crippen LogP contribution in [0.15, 0.2) is 77.1 Å². The van der Waals surface area contributed by atoms with E-state index in [9.17, 15) is 14.7 Å². The molecule has 3 atom stereocenters. The maximum Gasteiger partial charge on any atom is 0.224 e. The number of aromatic nitrogens is 1. The molecule has 1 aliphatic heterocycles. The van der Waals surface area contributed by atoms with Crippen LogP contribution in [-0.4, -0.2) is 40.3 Å². The van der Waals surface area contributed by atoms with Crippen molar-refractivity contribution in [3.05, 3.63) is 89.5 Å². The number of amides is 2. The maximum atomic E-state index is 12.6. The number of nitrogens with one attached hydrogen (secondary N) is 2. The number of unbranched alkanes of at least 4 members (excludes halogenated alkanes) is 2. The zero-order valence-corrected chi connectivity index (χ0v) is 25.8. The Bertz CT molecular complexity index is 1480. The summed E-state index contributed by atoms with van der Waals surface area (Å²) in [5.74, 6) is 0.644. The first kappa shape index (κ1) is 31.2. The molecule has 0 radical (unpaired) electrons. The van der Waals surface area contributed by atoms with Gasteiger partial charge >= 0.3 is 0 Å². The molecule has 0 unspecified atom stereocenters. The van der Waals surface area contributed by atoms with E-state index in [0.717, 1.165) is 51.6 Å². The lowest BCUT2D eigenvalue weighted by atomic mass is 10.0. The fourth-order valence-electron chi connectivity index (χ4n) is 4.94. The summed E-state index contributed by atoms with van der Waals surface area (Å²) in [4.78, 5) is 28.3. The topological polar surface area (TPSA) is 110 Å². The van der Waals surface area contributed by atoms with Crippen LogP contribution in [0.5, 0.6) is 0 Å². The highest BCUT2D eigenvalue weighted by Crippen LogP contribution is 2.40. The summed E-state index contributed by atoms with van der Waals surface area (Å²) in [6.07, 6.45) is 2.68. The second-order valence-electron chi connectivity index (χ2n) is 10.6. The van der Waals surface area contributed by atoms with Crippen LogP contribution < -0.4 is 10.6 Å². The highest BCUT2D eigenvalue weighted by molar-refractivity contribution is 8.01. The molecule has 1 aliphatic rings. The molecule has 1 fully saturated rings. The van der Waals surface area contributed by atoms with Crippen LogP contribution in [0, 0.1) is 0 Å². The number of para-hydroxylation sites is 1. The predicted molar refractivity (Wildman–Crippen MR) is 171 cm³/mol. The molecule has 5 rings (SSSR count). The molecule has 1 saturated heterocycles. The van der Waals surface area contributed by atoms with Crippen molar-refractivity contribution in [3.63, 3.8) is 0 Å². The molecule has 0 bridgehead atoms. The number of thioether (sulfide) groups is 1. The molecule has 2 heterocycles. The number of ether oxygens (including phenoxy) is 2. The lowest BCUT2D eigenvalue weighted by molar-refractivity contribution is -0.245. The van der Waals surface area contributed by atoms with E-state index < -0.39 is 6.29 Å². The molecule has 10 heteroatoms. The van der Waals surface area contributed by atoms with Gasteiger partial charge in [0.05, 0.1) is 29.0 Å². The van der Waals surface area contributed by atoms with Crippen molar-refractivity contribution in [2.75, 3.05) is 17.6 Å². The van der Waals surface area contributed by atoms with Gasteiger partial charge in [0.15, 0.2) is 10.6 Å². The van der Waals surface area contributed by atoms with Gasteiger partial charge < -0.3 is 25.2 Å². The van der Waals surface area contributed by atoms with E-state index in [1.54, 1.807) is 23.1 Å². The van der Waals surface area contributed by atoms with Crippen LogP contribution in [0.2, 0.25) is 0 Å². The molecular formula is C33H37N3O5S2. The van der Waals surface area contributed by atoms with Gasteiger partial charge in [-0.05, 0) is 48.2 Å². The van der Waals surface area contributed by atoms with Gasteiger partial charge in [-0.15, -0.1) is 11.3 Å². The predicted octanol–water partition coefficient (Wildman–Crippen LogP) is 6.76. The standard InChI is InChI=1S/C33H37N3O5S2/c1-22(38)34-17-6-2-3-12-31(39)35-26-9-7-8-25(18-26)32-40-27(19-29(41-32)24-15-13-23(20-37)14-16-24)21-42-33-36-28-10-4-5-11-30(28)43-33/h4-5,7-11,13-16,18,27,29,32,37H,2-3,6,12,17,19-21H2,1H3,(H,34,38)(H,35,39)/t27-,29+,32+/m1/s1. The van der Waals surface area contributed by atoms with Crippen molar-refractivity contribution >= 4 is 50.8 Å². The van der Waals surface area contributed by atoms with Crippen molar-refractivity contribution < 1.29 is 24.2 Å². The fourth-order valence-corrected chi connectivity index (χ4v) is 7.05. The Morgan fingerprint density at radius 3 is 2.63 bits per heavy atom. The second-order valence-corrected chi connectivity index (χ2v) is 12.9. The number of thiazole rings is 1. The van der Waals surface area contributed by atoms with E-state index in [-0.39, 0.29) is 30.6 Å². The van der Waals surface area contributed by atoms with Gasteiger partial charge in [-0.1, -0.05) is 66.7 Å². The number of nitrogens with zero attached hydrogens (tertiary/aromatic N) is 1. The summed E-state index contributed by atoms with van der Waals surface area (Å²) < 4.78 is 15.2. The van der Waals surface area contributed by atoms with E-state index in [1.807, 2.05) is 66.7 Å². The van der Waals surface area contributed by atoms with Gasteiger partial charge in [0.1, 0.15) is 0 Å². The molecule has 2 amide bonds. The summed E-state index contributed by atoms with van der Waals surface area (Å²) in [6, 6.07) is 23.6. The van der Waals surface area contributed by atoms with Crippen molar-refractivity contribution in [1.29, 1.82) is 0 Å². The Morgan fingerprint density at radius 1 is 1.00 bits per heavy atom. The summed E-state index contributed by atoms with van der Waals surface area (Å²) in [6.45, 7) is 2.13. The van der Waals surface area contributed by atoms with E-state index >= 15 is 0 Å². The average Bonchev–Trinajstić information content (AvgIpc) is 3.45. The van der Waals surface area contributed by atoms with E-state index in [2.05, 4.69) is 16.7 Å². The molecule has 3 aromatic carbocycles. The number of rotatable bonds is 13. The first-order chi connectivity index (χ1) is 21.0. The third-order valence-electron chi connectivity index (χ3n) is 7.18. The summed E-state index contributed by atoms with van der Waals surface area (Å²) >= 11 is 3.38. The number of aliphatic hydroxyl groups excluding tert-OH is 1. The average molecular weight is 620 g/mol. The van der Waals surface area contributed by atoms with Gasteiger partial charge in [-0.25, -0.2) is 4.98 Å². The summed E-state index contributed by atoms with van der Waals surface area (Å²) in [5, 5.41) is 15.3. The Kier molecular flexibility index (Phi) is 11.2. The van der Waals surface area contributed by atoms with Crippen molar-refractivity contribution in [1.82, 2.24) is 10.3 Å². The number of hydrogen-bond acceptors (Lipinski definition) is 8. The van der Waals surface area contributed by atoms with Crippen LogP contribution in [0.3, 0.4) is 0 Å². The van der Waals surface area contributed by atoms with Crippen LogP contribution in [0.25, 0.3) is 10.2 Å². The number of carbonyl (C=O) groups excluding carboxylic acids is 2. The maximum absolute atomic E-state index is 12.6. The highest BCUT2D eigenvalue weighted by atomic mass is 32.2. The first-order valence-corrected chi connectivity index (χ1v) is 16.4. The number of fused-ring (bicyclic) bond motifs is 1. The zero-order valence-electron chi connectivity index (χ0n) is 24.2. The lowest BCUT2D eigenvalue weighted by Gasteiger charge is -2.36. The minimum Gasteiger partial charge on any atom is -0.392 e. The van der Waals surface area contributed by atoms with E-state index in [0.29, 0.717) is 25.1 Å². The van der Waals surface area contributed by atoms with E-state index in [4.69, 9.17) is 14.5 Å². The smallest absolute Gasteiger partial charge is 0.224 e. The Hall–Kier alpha value is -3.28. The number of aliphatic hydroxyl groups is 1. The van der Waals surface area contributed by atoms with Gasteiger partial charge in [-0.2, -0.15) is 0 Å². The van der Waals surface area contributed by atoms with E-state index in [1.165, 1.54) is 11.6 Å². The fraction of sp³-hybridized carbons (Fsp3) is 0.364. The van der Waals surface area contributed by atoms with Gasteiger partial charge in [-0.3, -0.25) is 9.59 Å². The quantitative estimate of drug-likeness (QED) is 0.112. The minimum atomic E-state index is -0.608. The normalized spacial score (nSPS) is 18.4. The molecule has 8 nitrogen and oxygen atoms in total. The molecule has 1 aromatic heterocycles. The highest BCUT2D eigenvalue weighted by Gasteiger charge is 2.32. The van der Waals surface area contributed by atoms with Crippen molar-refractivity contribution in [2.45, 2.75) is 68.5 Å². The largest absolute Gasteiger partial charge is 0.392 e. The Morgan fingerprint density at radius 2 is 1.84 bits per heavy atom.